The summed E-state index contributed by atoms with van der Waals surface area (Å²) in [6.45, 7) is 6.97. The number of ketones is 1. The van der Waals surface area contributed by atoms with Crippen LogP contribution in [0.1, 0.15) is 85.0 Å². The Morgan fingerprint density at radius 1 is 0.818 bits per heavy atom. The van der Waals surface area contributed by atoms with E-state index < -0.39 is 0 Å². The fourth-order valence-corrected chi connectivity index (χ4v) is 7.96. The van der Waals surface area contributed by atoms with Gasteiger partial charge >= 0.3 is 0 Å². The molecule has 0 spiro atoms. The van der Waals surface area contributed by atoms with Crippen molar-refractivity contribution in [2.75, 3.05) is 0 Å². The van der Waals surface area contributed by atoms with E-state index in [1.165, 1.54) is 64.2 Å². The van der Waals surface area contributed by atoms with E-state index in [0.29, 0.717) is 22.5 Å². The van der Waals surface area contributed by atoms with Gasteiger partial charge < -0.3 is 0 Å². The summed E-state index contributed by atoms with van der Waals surface area (Å²) in [5.74, 6) is 4.60. The van der Waals surface area contributed by atoms with Gasteiger partial charge in [0.1, 0.15) is 5.78 Å². The Kier molecular flexibility index (Phi) is 3.51. The first-order chi connectivity index (χ1) is 10.5. The number of rotatable bonds is 1. The van der Waals surface area contributed by atoms with Gasteiger partial charge in [-0.05, 0) is 92.8 Å². The van der Waals surface area contributed by atoms with E-state index in [2.05, 4.69) is 13.8 Å². The van der Waals surface area contributed by atoms with Crippen LogP contribution in [-0.4, -0.2) is 5.78 Å². The maximum atomic E-state index is 12.2. The summed E-state index contributed by atoms with van der Waals surface area (Å²) in [4.78, 5) is 12.2. The highest BCUT2D eigenvalue weighted by molar-refractivity contribution is 5.79. The zero-order valence-corrected chi connectivity index (χ0v) is 14.9. The van der Waals surface area contributed by atoms with Crippen LogP contribution >= 0.6 is 0 Å². The van der Waals surface area contributed by atoms with Crippen LogP contribution in [0.15, 0.2) is 0 Å². The number of carbonyl (C=O) groups excluding carboxylic acids is 1. The Bertz CT molecular complexity index is 469. The normalized spacial score (nSPS) is 54.2. The Labute approximate surface area is 136 Å². The third-order valence-corrected chi connectivity index (χ3v) is 9.07. The number of carbonyl (C=O) groups is 1. The van der Waals surface area contributed by atoms with E-state index in [9.17, 15) is 4.79 Å². The van der Waals surface area contributed by atoms with Crippen molar-refractivity contribution in [3.8, 4) is 0 Å². The quantitative estimate of drug-likeness (QED) is 0.614. The average Bonchev–Trinajstić information content (AvgIpc) is 2.84. The van der Waals surface area contributed by atoms with Crippen molar-refractivity contribution in [1.29, 1.82) is 0 Å². The van der Waals surface area contributed by atoms with E-state index in [0.717, 1.165) is 23.7 Å². The van der Waals surface area contributed by atoms with Crippen molar-refractivity contribution in [1.82, 2.24) is 0 Å². The second-order valence-electron chi connectivity index (χ2n) is 9.69. The molecule has 4 aliphatic rings. The molecule has 7 atom stereocenters. The molecule has 4 aliphatic carbocycles. The van der Waals surface area contributed by atoms with Gasteiger partial charge in [0.25, 0.3) is 0 Å². The molecule has 0 aromatic carbocycles. The Hall–Kier alpha value is -0.330. The summed E-state index contributed by atoms with van der Waals surface area (Å²) < 4.78 is 0. The molecular weight excluding hydrogens is 268 g/mol. The summed E-state index contributed by atoms with van der Waals surface area (Å²) >= 11 is 0. The third-order valence-electron chi connectivity index (χ3n) is 9.07. The predicted molar refractivity (Wildman–Crippen MR) is 90.5 cm³/mol. The molecule has 1 nitrogen and oxygen atoms in total. The number of hydrogen-bond donors (Lipinski definition) is 0. The van der Waals surface area contributed by atoms with Gasteiger partial charge in [-0.2, -0.15) is 0 Å². The lowest BCUT2D eigenvalue weighted by atomic mass is 9.45. The monoisotopic (exact) mass is 302 g/mol. The maximum absolute atomic E-state index is 12.2. The number of hydrogen-bond acceptors (Lipinski definition) is 1. The number of Topliss-reactive ketones (excluding diaryl/α,β-unsaturated/α-hetero) is 1. The van der Waals surface area contributed by atoms with Crippen LogP contribution in [0.2, 0.25) is 0 Å². The molecule has 0 amide bonds. The van der Waals surface area contributed by atoms with Gasteiger partial charge in [-0.25, -0.2) is 0 Å². The molecule has 0 N–H and O–H groups in total. The minimum Gasteiger partial charge on any atom is -0.300 e. The average molecular weight is 303 g/mol. The van der Waals surface area contributed by atoms with E-state index in [4.69, 9.17) is 0 Å². The molecule has 0 radical (unpaired) electrons. The summed E-state index contributed by atoms with van der Waals surface area (Å²) in [7, 11) is 0. The van der Waals surface area contributed by atoms with E-state index in [-0.39, 0.29) is 0 Å². The molecule has 4 saturated carbocycles. The van der Waals surface area contributed by atoms with Gasteiger partial charge in [0.15, 0.2) is 0 Å². The zero-order chi connectivity index (χ0) is 15.5. The van der Waals surface area contributed by atoms with Crippen molar-refractivity contribution in [2.45, 2.75) is 85.0 Å². The molecule has 4 rings (SSSR count). The number of fused-ring (bicyclic) bond motifs is 5. The van der Waals surface area contributed by atoms with E-state index >= 15 is 0 Å². The zero-order valence-electron chi connectivity index (χ0n) is 14.9. The summed E-state index contributed by atoms with van der Waals surface area (Å²) in [6, 6.07) is 0. The molecule has 0 saturated heterocycles. The lowest BCUT2D eigenvalue weighted by Gasteiger charge is -2.60. The van der Waals surface area contributed by atoms with Gasteiger partial charge in [-0.1, -0.05) is 26.7 Å². The lowest BCUT2D eigenvalue weighted by Crippen LogP contribution is -2.53. The van der Waals surface area contributed by atoms with Crippen molar-refractivity contribution < 1.29 is 4.79 Å². The topological polar surface area (TPSA) is 17.1 Å². The van der Waals surface area contributed by atoms with E-state index in [1.54, 1.807) is 0 Å². The van der Waals surface area contributed by atoms with E-state index in [1.807, 2.05) is 6.92 Å². The van der Waals surface area contributed by atoms with Gasteiger partial charge in [0, 0.05) is 5.92 Å². The smallest absolute Gasteiger partial charge is 0.133 e. The van der Waals surface area contributed by atoms with Crippen molar-refractivity contribution >= 4 is 5.78 Å². The first-order valence-electron chi connectivity index (χ1n) is 9.97. The molecular formula is C21H34O. The van der Waals surface area contributed by atoms with Crippen LogP contribution in [0.3, 0.4) is 0 Å². The highest BCUT2D eigenvalue weighted by Gasteiger charge is 2.60. The Morgan fingerprint density at radius 2 is 1.59 bits per heavy atom. The van der Waals surface area contributed by atoms with Gasteiger partial charge in [0.2, 0.25) is 0 Å². The Balaban J connectivity index is 1.63. The molecule has 0 aromatic heterocycles. The SMILES string of the molecule is CC(=O)[C@H]1CCC2[C@@H]3CC[C@@H]4CCCC[C@]4(C)C3CC[C@@]21C. The van der Waals surface area contributed by atoms with Gasteiger partial charge in [-0.15, -0.1) is 0 Å². The van der Waals surface area contributed by atoms with Crippen LogP contribution in [0.25, 0.3) is 0 Å². The lowest BCUT2D eigenvalue weighted by molar-refractivity contribution is -0.133. The first-order valence-corrected chi connectivity index (χ1v) is 9.97. The van der Waals surface area contributed by atoms with Crippen LogP contribution in [0.4, 0.5) is 0 Å². The highest BCUT2D eigenvalue weighted by atomic mass is 16.1. The van der Waals surface area contributed by atoms with Crippen LogP contribution in [-0.2, 0) is 4.79 Å². The fourth-order valence-electron chi connectivity index (χ4n) is 7.96. The standard InChI is InChI=1S/C21H34O/c1-14(22)17-9-10-18-16-8-7-15-6-4-5-12-20(15,2)19(16)11-13-21(17,18)3/h15-19H,4-13H2,1-3H3/t15-,16-,17+,18?,19?,20-,21+/m0/s1. The molecule has 0 aromatic rings. The molecule has 4 fully saturated rings. The first kappa shape index (κ1) is 15.2. The second-order valence-corrected chi connectivity index (χ2v) is 9.69. The molecule has 124 valence electrons. The molecule has 0 aliphatic heterocycles. The van der Waals surface area contributed by atoms with Crippen LogP contribution < -0.4 is 0 Å². The second kappa shape index (κ2) is 5.08. The molecule has 22 heavy (non-hydrogen) atoms. The minimum absolute atomic E-state index is 0.338. The van der Waals surface area contributed by atoms with Gasteiger partial charge in [-0.3, -0.25) is 4.79 Å². The van der Waals surface area contributed by atoms with Crippen LogP contribution in [0, 0.1) is 40.4 Å². The largest absolute Gasteiger partial charge is 0.300 e. The third kappa shape index (κ3) is 1.93. The van der Waals surface area contributed by atoms with Crippen LogP contribution in [0.5, 0.6) is 0 Å². The Morgan fingerprint density at radius 3 is 2.36 bits per heavy atom. The summed E-state index contributed by atoms with van der Waals surface area (Å²) in [5.41, 5.74) is 0.974. The molecule has 0 heterocycles. The van der Waals surface area contributed by atoms with Crippen molar-refractivity contribution in [3.63, 3.8) is 0 Å². The highest BCUT2D eigenvalue weighted by Crippen LogP contribution is 2.67. The predicted octanol–water partition coefficient (Wildman–Crippen LogP) is 5.62. The molecule has 0 bridgehead atoms. The summed E-state index contributed by atoms with van der Waals surface area (Å²) in [5, 5.41) is 0. The van der Waals surface area contributed by atoms with Crippen molar-refractivity contribution in [2.24, 2.45) is 40.4 Å². The molecule has 2 unspecified atom stereocenters. The fraction of sp³-hybridized carbons (Fsp3) is 0.952. The summed E-state index contributed by atoms with van der Waals surface area (Å²) in [6.07, 6.45) is 14.1. The van der Waals surface area contributed by atoms with Gasteiger partial charge in [0.05, 0.1) is 0 Å². The maximum Gasteiger partial charge on any atom is 0.133 e. The minimum atomic E-state index is 0.338. The van der Waals surface area contributed by atoms with Crippen molar-refractivity contribution in [3.05, 3.63) is 0 Å². The molecule has 1 heteroatoms.